The topological polar surface area (TPSA) is 94.2 Å². The van der Waals surface area contributed by atoms with Crippen LogP contribution in [0.3, 0.4) is 0 Å². The number of amides is 1. The van der Waals surface area contributed by atoms with E-state index in [1.165, 1.54) is 22.8 Å². The zero-order chi connectivity index (χ0) is 18.7. The van der Waals surface area contributed by atoms with E-state index >= 15 is 0 Å². The molecule has 132 valence electrons. The van der Waals surface area contributed by atoms with Crippen LogP contribution in [0, 0.1) is 10.1 Å². The molecule has 0 saturated heterocycles. The van der Waals surface area contributed by atoms with E-state index < -0.39 is 10.8 Å². The number of benzene rings is 2. The van der Waals surface area contributed by atoms with E-state index in [4.69, 9.17) is 0 Å². The van der Waals surface area contributed by atoms with E-state index in [9.17, 15) is 19.7 Å². The highest BCUT2D eigenvalue weighted by Crippen LogP contribution is 2.27. The van der Waals surface area contributed by atoms with Crippen LogP contribution in [0.5, 0.6) is 0 Å². The summed E-state index contributed by atoms with van der Waals surface area (Å²) in [6.07, 6.45) is 1.68. The largest absolute Gasteiger partial charge is 0.325 e. The van der Waals surface area contributed by atoms with Crippen LogP contribution in [0.25, 0.3) is 10.9 Å². The number of hydrogen-bond donors (Lipinski definition) is 1. The van der Waals surface area contributed by atoms with Gasteiger partial charge in [0.2, 0.25) is 11.8 Å². The Kier molecular flexibility index (Phi) is 5.13. The summed E-state index contributed by atoms with van der Waals surface area (Å²) in [4.78, 5) is 34.8. The minimum atomic E-state index is -0.539. The maximum atomic E-state index is 12.4. The van der Waals surface area contributed by atoms with Crippen molar-refractivity contribution in [3.8, 4) is 0 Å². The summed E-state index contributed by atoms with van der Waals surface area (Å²) in [5, 5.41) is 14.4. The average molecular weight is 416 g/mol. The number of hydrogen-bond acceptors (Lipinski definition) is 4. The van der Waals surface area contributed by atoms with Crippen LogP contribution in [0.15, 0.2) is 59.2 Å². The standard InChI is InChI=1S/C18H14BrN3O4/c19-14-6-5-13(22(25)26)11-15(14)20-17(23)7-8-18(24)21-10-9-12-3-1-2-4-16(12)21/h1-6,9-11H,7-8H2,(H,20,23). The van der Waals surface area contributed by atoms with E-state index in [1.54, 1.807) is 6.20 Å². The third-order valence-electron chi connectivity index (χ3n) is 3.87. The average Bonchev–Trinajstić information content (AvgIpc) is 3.05. The van der Waals surface area contributed by atoms with Gasteiger partial charge in [-0.3, -0.25) is 24.3 Å². The maximum Gasteiger partial charge on any atom is 0.271 e. The molecule has 8 heteroatoms. The number of non-ortho nitro benzene ring substituents is 1. The number of nitrogens with zero attached hydrogens (tertiary/aromatic N) is 2. The minimum absolute atomic E-state index is 0.0249. The molecule has 1 aromatic heterocycles. The molecule has 0 atom stereocenters. The summed E-state index contributed by atoms with van der Waals surface area (Å²) in [6.45, 7) is 0. The molecule has 0 fully saturated rings. The molecule has 1 amide bonds. The van der Waals surface area contributed by atoms with Crippen LogP contribution in [0.2, 0.25) is 0 Å². The fraction of sp³-hybridized carbons (Fsp3) is 0.111. The van der Waals surface area contributed by atoms with Gasteiger partial charge in [0.1, 0.15) is 0 Å². The van der Waals surface area contributed by atoms with Crippen molar-refractivity contribution >= 4 is 50.0 Å². The second-order valence-corrected chi connectivity index (χ2v) is 6.46. The highest BCUT2D eigenvalue weighted by atomic mass is 79.9. The monoisotopic (exact) mass is 415 g/mol. The van der Waals surface area contributed by atoms with Crippen LogP contribution >= 0.6 is 15.9 Å². The van der Waals surface area contributed by atoms with E-state index in [1.807, 2.05) is 30.3 Å². The van der Waals surface area contributed by atoms with Gasteiger partial charge in [-0.15, -0.1) is 0 Å². The molecule has 7 nitrogen and oxygen atoms in total. The predicted molar refractivity (Wildman–Crippen MR) is 101 cm³/mol. The third-order valence-corrected chi connectivity index (χ3v) is 4.56. The van der Waals surface area contributed by atoms with Crippen molar-refractivity contribution in [3.05, 3.63) is 69.3 Å². The number of carbonyl (C=O) groups excluding carboxylic acids is 2. The van der Waals surface area contributed by atoms with Gasteiger partial charge >= 0.3 is 0 Å². The first-order chi connectivity index (χ1) is 12.5. The minimum Gasteiger partial charge on any atom is -0.325 e. The number of aromatic nitrogens is 1. The Morgan fingerprint density at radius 3 is 2.65 bits per heavy atom. The molecule has 0 aliphatic carbocycles. The number of anilines is 1. The van der Waals surface area contributed by atoms with Crippen LogP contribution in [-0.2, 0) is 4.79 Å². The lowest BCUT2D eigenvalue weighted by atomic mass is 10.2. The van der Waals surface area contributed by atoms with Crippen LogP contribution < -0.4 is 5.32 Å². The van der Waals surface area contributed by atoms with Gasteiger partial charge < -0.3 is 5.32 Å². The van der Waals surface area contributed by atoms with Crippen LogP contribution in [-0.4, -0.2) is 21.3 Å². The van der Waals surface area contributed by atoms with Crippen molar-refractivity contribution in [1.29, 1.82) is 0 Å². The number of nitrogens with one attached hydrogen (secondary N) is 1. The van der Waals surface area contributed by atoms with Crippen molar-refractivity contribution in [2.24, 2.45) is 0 Å². The number of nitro groups is 1. The SMILES string of the molecule is O=C(CCC(=O)n1ccc2ccccc21)Nc1cc([N+](=O)[O-])ccc1Br. The number of halogens is 1. The molecular formula is C18H14BrN3O4. The van der Waals surface area contributed by atoms with Crippen molar-refractivity contribution < 1.29 is 14.5 Å². The molecule has 0 aliphatic heterocycles. The van der Waals surface area contributed by atoms with Crippen molar-refractivity contribution in [1.82, 2.24) is 4.57 Å². The van der Waals surface area contributed by atoms with Crippen molar-refractivity contribution in [2.45, 2.75) is 12.8 Å². The highest BCUT2D eigenvalue weighted by Gasteiger charge is 2.14. The Balaban J connectivity index is 1.65. The lowest BCUT2D eigenvalue weighted by molar-refractivity contribution is -0.384. The van der Waals surface area contributed by atoms with Crippen LogP contribution in [0.1, 0.15) is 17.6 Å². The van der Waals surface area contributed by atoms with Gasteiger partial charge in [-0.25, -0.2) is 0 Å². The zero-order valence-corrected chi connectivity index (χ0v) is 15.1. The van der Waals surface area contributed by atoms with Gasteiger partial charge in [0.05, 0.1) is 16.1 Å². The molecular weight excluding hydrogens is 402 g/mol. The van der Waals surface area contributed by atoms with Gasteiger partial charge in [-0.05, 0) is 34.1 Å². The second-order valence-electron chi connectivity index (χ2n) is 5.61. The van der Waals surface area contributed by atoms with Crippen molar-refractivity contribution in [2.75, 3.05) is 5.32 Å². The highest BCUT2D eigenvalue weighted by molar-refractivity contribution is 9.10. The Bertz CT molecular complexity index is 1010. The summed E-state index contributed by atoms with van der Waals surface area (Å²) >= 11 is 3.24. The Morgan fingerprint density at radius 2 is 1.88 bits per heavy atom. The molecule has 0 aliphatic rings. The Labute approximate surface area is 156 Å². The quantitative estimate of drug-likeness (QED) is 0.494. The second kappa shape index (κ2) is 7.49. The lowest BCUT2D eigenvalue weighted by Crippen LogP contribution is -2.16. The number of fused-ring (bicyclic) bond motifs is 1. The zero-order valence-electron chi connectivity index (χ0n) is 13.5. The molecule has 0 unspecified atom stereocenters. The first-order valence-corrected chi connectivity index (χ1v) is 8.58. The number of carbonyl (C=O) groups is 2. The van der Waals surface area contributed by atoms with E-state index in [2.05, 4.69) is 21.2 Å². The summed E-state index contributed by atoms with van der Waals surface area (Å²) in [7, 11) is 0. The lowest BCUT2D eigenvalue weighted by Gasteiger charge is -2.08. The maximum absolute atomic E-state index is 12.4. The molecule has 3 aromatic rings. The molecule has 26 heavy (non-hydrogen) atoms. The number of rotatable bonds is 5. The van der Waals surface area contributed by atoms with Crippen LogP contribution in [0.4, 0.5) is 11.4 Å². The smallest absolute Gasteiger partial charge is 0.271 e. The van der Waals surface area contributed by atoms with Gasteiger partial charge in [0.25, 0.3) is 5.69 Å². The first kappa shape index (κ1) is 17.8. The Morgan fingerprint density at radius 1 is 1.12 bits per heavy atom. The number of nitro benzene ring substituents is 1. The van der Waals surface area contributed by atoms with E-state index in [-0.39, 0.29) is 24.4 Å². The Hall–Kier alpha value is -3.00. The summed E-state index contributed by atoms with van der Waals surface area (Å²) in [5.74, 6) is -0.588. The van der Waals surface area contributed by atoms with E-state index in [0.717, 1.165) is 10.9 Å². The van der Waals surface area contributed by atoms with E-state index in [0.29, 0.717) is 10.2 Å². The summed E-state index contributed by atoms with van der Waals surface area (Å²) in [6, 6.07) is 13.4. The molecule has 1 heterocycles. The number of para-hydroxylation sites is 1. The third kappa shape index (κ3) is 3.80. The van der Waals surface area contributed by atoms with Gasteiger partial charge in [0.15, 0.2) is 0 Å². The fourth-order valence-electron chi connectivity index (χ4n) is 2.58. The molecule has 0 radical (unpaired) electrons. The first-order valence-electron chi connectivity index (χ1n) is 7.79. The van der Waals surface area contributed by atoms with Gasteiger partial charge in [-0.1, -0.05) is 18.2 Å². The molecule has 0 bridgehead atoms. The molecule has 3 rings (SSSR count). The summed E-state index contributed by atoms with van der Waals surface area (Å²) in [5.41, 5.74) is 0.959. The molecule has 0 saturated carbocycles. The van der Waals surface area contributed by atoms with Gasteiger partial charge in [-0.2, -0.15) is 0 Å². The molecule has 2 aromatic carbocycles. The van der Waals surface area contributed by atoms with Gasteiger partial charge in [0, 0.05) is 41.0 Å². The molecule has 0 spiro atoms. The summed E-state index contributed by atoms with van der Waals surface area (Å²) < 4.78 is 2.05. The van der Waals surface area contributed by atoms with Crippen molar-refractivity contribution in [3.63, 3.8) is 0 Å². The molecule has 1 N–H and O–H groups in total. The normalized spacial score (nSPS) is 10.7. The predicted octanol–water partition coefficient (Wildman–Crippen LogP) is 4.37. The fourth-order valence-corrected chi connectivity index (χ4v) is 2.92.